The van der Waals surface area contributed by atoms with Gasteiger partial charge < -0.3 is 15.2 Å². The monoisotopic (exact) mass is 237 g/mol. The minimum absolute atomic E-state index is 0.269. The van der Waals surface area contributed by atoms with Crippen LogP contribution in [-0.2, 0) is 0 Å². The largest absolute Gasteiger partial charge is 0.494 e. The Morgan fingerprint density at radius 2 is 2.06 bits per heavy atom. The lowest BCUT2D eigenvalue weighted by Gasteiger charge is -2.17. The van der Waals surface area contributed by atoms with Crippen LogP contribution < -0.4 is 10.1 Å². The number of ether oxygens (including phenoxy) is 1. The highest BCUT2D eigenvalue weighted by Crippen LogP contribution is 2.24. The summed E-state index contributed by atoms with van der Waals surface area (Å²) in [7, 11) is 0. The van der Waals surface area contributed by atoms with E-state index in [1.165, 1.54) is 5.56 Å². The first-order valence-corrected chi connectivity index (χ1v) is 6.35. The molecule has 0 fully saturated rings. The van der Waals surface area contributed by atoms with Gasteiger partial charge in [-0.05, 0) is 39.3 Å². The van der Waals surface area contributed by atoms with Crippen LogP contribution >= 0.6 is 0 Å². The Morgan fingerprint density at radius 3 is 2.76 bits per heavy atom. The maximum Gasteiger partial charge on any atom is 0.124 e. The summed E-state index contributed by atoms with van der Waals surface area (Å²) in [4.78, 5) is 0. The summed E-state index contributed by atoms with van der Waals surface area (Å²) in [5.74, 6) is 0.956. The molecule has 0 amide bonds. The number of aliphatic hydroxyl groups is 1. The van der Waals surface area contributed by atoms with Gasteiger partial charge in [0.25, 0.3) is 0 Å². The molecule has 0 spiro atoms. The standard InChI is InChI=1S/C14H23NO2/c1-3-17-14-9-5-4-8-13(14)12(2)15-10-6-7-11-16/h4-5,8-9,12,15-16H,3,6-7,10-11H2,1-2H3. The molecule has 0 aliphatic heterocycles. The zero-order chi connectivity index (χ0) is 12.5. The van der Waals surface area contributed by atoms with Gasteiger partial charge in [0.15, 0.2) is 0 Å². The van der Waals surface area contributed by atoms with Crippen molar-refractivity contribution in [2.24, 2.45) is 0 Å². The Kier molecular flexibility index (Phi) is 6.67. The van der Waals surface area contributed by atoms with Gasteiger partial charge in [0.05, 0.1) is 6.61 Å². The first-order chi connectivity index (χ1) is 8.29. The van der Waals surface area contributed by atoms with Crippen LogP contribution in [0.1, 0.15) is 38.3 Å². The van der Waals surface area contributed by atoms with E-state index in [4.69, 9.17) is 9.84 Å². The van der Waals surface area contributed by atoms with Crippen LogP contribution in [0, 0.1) is 0 Å². The number of benzene rings is 1. The quantitative estimate of drug-likeness (QED) is 0.683. The zero-order valence-corrected chi connectivity index (χ0v) is 10.8. The van der Waals surface area contributed by atoms with Crippen molar-refractivity contribution >= 4 is 0 Å². The summed E-state index contributed by atoms with van der Waals surface area (Å²) >= 11 is 0. The zero-order valence-electron chi connectivity index (χ0n) is 10.8. The van der Waals surface area contributed by atoms with Gasteiger partial charge in [-0.3, -0.25) is 0 Å². The van der Waals surface area contributed by atoms with E-state index >= 15 is 0 Å². The van der Waals surface area contributed by atoms with E-state index in [1.807, 2.05) is 25.1 Å². The molecule has 1 rings (SSSR count). The molecule has 0 heterocycles. The molecule has 0 aliphatic carbocycles. The van der Waals surface area contributed by atoms with Crippen LogP contribution in [-0.4, -0.2) is 24.9 Å². The van der Waals surface area contributed by atoms with Crippen LogP contribution in [0.15, 0.2) is 24.3 Å². The fraction of sp³-hybridized carbons (Fsp3) is 0.571. The van der Waals surface area contributed by atoms with Crippen LogP contribution in [0.5, 0.6) is 5.75 Å². The first kappa shape index (κ1) is 14.0. The Hall–Kier alpha value is -1.06. The predicted octanol–water partition coefficient (Wildman–Crippen LogP) is 2.51. The predicted molar refractivity (Wildman–Crippen MR) is 70.3 cm³/mol. The molecule has 1 atom stereocenters. The molecule has 1 unspecified atom stereocenters. The Morgan fingerprint density at radius 1 is 1.29 bits per heavy atom. The highest BCUT2D eigenvalue weighted by Gasteiger charge is 2.09. The fourth-order valence-corrected chi connectivity index (χ4v) is 1.79. The van der Waals surface area contributed by atoms with Gasteiger partial charge >= 0.3 is 0 Å². The van der Waals surface area contributed by atoms with Gasteiger partial charge in [-0.15, -0.1) is 0 Å². The van der Waals surface area contributed by atoms with E-state index in [0.717, 1.165) is 25.1 Å². The smallest absolute Gasteiger partial charge is 0.124 e. The van der Waals surface area contributed by atoms with Gasteiger partial charge in [-0.2, -0.15) is 0 Å². The second kappa shape index (κ2) is 8.09. The molecule has 3 nitrogen and oxygen atoms in total. The van der Waals surface area contributed by atoms with Crippen molar-refractivity contribution in [1.29, 1.82) is 0 Å². The Balaban J connectivity index is 2.52. The number of unbranched alkanes of at least 4 members (excludes halogenated alkanes) is 1. The van der Waals surface area contributed by atoms with E-state index in [2.05, 4.69) is 18.3 Å². The molecule has 17 heavy (non-hydrogen) atoms. The molecular formula is C14H23NO2. The summed E-state index contributed by atoms with van der Waals surface area (Å²) < 4.78 is 5.61. The van der Waals surface area contributed by atoms with Gasteiger partial charge in [0, 0.05) is 18.2 Å². The van der Waals surface area contributed by atoms with Crippen molar-refractivity contribution < 1.29 is 9.84 Å². The maximum atomic E-state index is 8.71. The lowest BCUT2D eigenvalue weighted by atomic mass is 10.1. The molecule has 1 aromatic carbocycles. The molecule has 0 radical (unpaired) electrons. The molecule has 3 heteroatoms. The minimum Gasteiger partial charge on any atom is -0.494 e. The second-order valence-corrected chi connectivity index (χ2v) is 4.08. The van der Waals surface area contributed by atoms with E-state index < -0.39 is 0 Å². The normalized spacial score (nSPS) is 12.4. The van der Waals surface area contributed by atoms with E-state index in [0.29, 0.717) is 6.61 Å². The minimum atomic E-state index is 0.269. The van der Waals surface area contributed by atoms with Crippen molar-refractivity contribution in [3.05, 3.63) is 29.8 Å². The highest BCUT2D eigenvalue weighted by molar-refractivity contribution is 5.35. The van der Waals surface area contributed by atoms with E-state index in [1.54, 1.807) is 0 Å². The average molecular weight is 237 g/mol. The van der Waals surface area contributed by atoms with Crippen molar-refractivity contribution in [2.75, 3.05) is 19.8 Å². The molecule has 2 N–H and O–H groups in total. The Bertz CT molecular complexity index is 315. The van der Waals surface area contributed by atoms with Crippen molar-refractivity contribution in [3.63, 3.8) is 0 Å². The molecule has 0 aromatic heterocycles. The van der Waals surface area contributed by atoms with Gasteiger partial charge in [-0.25, -0.2) is 0 Å². The van der Waals surface area contributed by atoms with Crippen molar-refractivity contribution in [2.45, 2.75) is 32.7 Å². The summed E-state index contributed by atoms with van der Waals surface area (Å²) in [6.45, 7) is 6.01. The molecule has 0 aliphatic rings. The molecular weight excluding hydrogens is 214 g/mol. The van der Waals surface area contributed by atoms with Crippen LogP contribution in [0.4, 0.5) is 0 Å². The number of para-hydroxylation sites is 1. The topological polar surface area (TPSA) is 41.5 Å². The molecule has 96 valence electrons. The number of hydrogen-bond donors (Lipinski definition) is 2. The summed E-state index contributed by atoms with van der Waals surface area (Å²) in [5.41, 5.74) is 1.19. The third kappa shape index (κ3) is 4.75. The maximum absolute atomic E-state index is 8.71. The average Bonchev–Trinajstić information content (AvgIpc) is 2.35. The number of aliphatic hydroxyl groups excluding tert-OH is 1. The molecule has 1 aromatic rings. The summed E-state index contributed by atoms with van der Waals surface area (Å²) in [6, 6.07) is 8.40. The summed E-state index contributed by atoms with van der Waals surface area (Å²) in [5, 5.41) is 12.2. The van der Waals surface area contributed by atoms with E-state index in [-0.39, 0.29) is 12.6 Å². The van der Waals surface area contributed by atoms with Crippen molar-refractivity contribution in [1.82, 2.24) is 5.32 Å². The first-order valence-electron chi connectivity index (χ1n) is 6.35. The van der Waals surface area contributed by atoms with Gasteiger partial charge in [0.1, 0.15) is 5.75 Å². The number of nitrogens with one attached hydrogen (secondary N) is 1. The van der Waals surface area contributed by atoms with E-state index in [9.17, 15) is 0 Å². The van der Waals surface area contributed by atoms with Crippen LogP contribution in [0.2, 0.25) is 0 Å². The van der Waals surface area contributed by atoms with Gasteiger partial charge in [0.2, 0.25) is 0 Å². The molecule has 0 saturated carbocycles. The highest BCUT2D eigenvalue weighted by atomic mass is 16.5. The SMILES string of the molecule is CCOc1ccccc1C(C)NCCCCO. The van der Waals surface area contributed by atoms with Crippen LogP contribution in [0.25, 0.3) is 0 Å². The van der Waals surface area contributed by atoms with Crippen molar-refractivity contribution in [3.8, 4) is 5.75 Å². The fourth-order valence-electron chi connectivity index (χ4n) is 1.79. The lowest BCUT2D eigenvalue weighted by molar-refractivity contribution is 0.282. The second-order valence-electron chi connectivity index (χ2n) is 4.08. The van der Waals surface area contributed by atoms with Crippen LogP contribution in [0.3, 0.4) is 0 Å². The summed E-state index contributed by atoms with van der Waals surface area (Å²) in [6.07, 6.45) is 1.85. The Labute approximate surface area is 104 Å². The number of hydrogen-bond acceptors (Lipinski definition) is 3. The number of rotatable bonds is 8. The molecule has 0 saturated heterocycles. The lowest BCUT2D eigenvalue weighted by Crippen LogP contribution is -2.20. The third-order valence-corrected chi connectivity index (χ3v) is 2.72. The van der Waals surface area contributed by atoms with Gasteiger partial charge in [-0.1, -0.05) is 18.2 Å². The molecule has 0 bridgehead atoms. The third-order valence-electron chi connectivity index (χ3n) is 2.72.